The van der Waals surface area contributed by atoms with E-state index < -0.39 is 0 Å². The van der Waals surface area contributed by atoms with Crippen molar-refractivity contribution in [1.29, 1.82) is 0 Å². The number of imidazole rings is 1. The van der Waals surface area contributed by atoms with Gasteiger partial charge < -0.3 is 14.7 Å². The Morgan fingerprint density at radius 2 is 1.83 bits per heavy atom. The second-order valence-electron chi connectivity index (χ2n) is 7.26. The molecule has 0 unspecified atom stereocenters. The molecular weight excluding hydrogens is 384 g/mol. The summed E-state index contributed by atoms with van der Waals surface area (Å²) < 4.78 is 2.06. The van der Waals surface area contributed by atoms with Gasteiger partial charge in [-0.3, -0.25) is 4.79 Å². The number of nitrogens with zero attached hydrogens (tertiary/aromatic N) is 2. The maximum atomic E-state index is 12.4. The molecule has 4 rings (SSSR count). The van der Waals surface area contributed by atoms with Crippen molar-refractivity contribution in [3.8, 4) is 11.1 Å². The topological polar surface area (TPSA) is 62.2 Å². The standard InChI is InChI=1S/C23H24N4O.ClH/c1-14-6-5-7-15(2)19(14)12-25-21-10-18(20-11-24-9-8-22(20)28)13-27-17(4)16(3)26-23(21)27;/h5-11,13,25H,12H2,1-4H3,(H,24,28);1H. The third-order valence-electron chi connectivity index (χ3n) is 5.43. The number of hydrogen-bond acceptors (Lipinski definition) is 3. The molecule has 3 heterocycles. The highest BCUT2D eigenvalue weighted by Crippen LogP contribution is 2.27. The molecule has 5 nitrogen and oxygen atoms in total. The molecule has 0 aliphatic rings. The van der Waals surface area contributed by atoms with Gasteiger partial charge in [0.05, 0.1) is 11.4 Å². The number of pyridine rings is 2. The first-order valence-corrected chi connectivity index (χ1v) is 9.41. The maximum absolute atomic E-state index is 12.4. The largest absolute Gasteiger partial charge is 0.378 e. The molecule has 1 aromatic carbocycles. The lowest BCUT2D eigenvalue weighted by molar-refractivity contribution is 1.07. The molecule has 4 aromatic rings. The van der Waals surface area contributed by atoms with E-state index in [9.17, 15) is 4.79 Å². The van der Waals surface area contributed by atoms with Crippen LogP contribution in [-0.4, -0.2) is 14.4 Å². The Labute approximate surface area is 176 Å². The Kier molecular flexibility index (Phi) is 5.80. The molecule has 0 aliphatic carbocycles. The Morgan fingerprint density at radius 1 is 1.10 bits per heavy atom. The van der Waals surface area contributed by atoms with Gasteiger partial charge in [0.15, 0.2) is 11.1 Å². The minimum atomic E-state index is -0.00621. The molecule has 150 valence electrons. The number of fused-ring (bicyclic) bond motifs is 1. The normalized spacial score (nSPS) is 10.8. The summed E-state index contributed by atoms with van der Waals surface area (Å²) in [5.74, 6) is 0. The molecule has 29 heavy (non-hydrogen) atoms. The van der Waals surface area contributed by atoms with E-state index in [-0.39, 0.29) is 17.8 Å². The lowest BCUT2D eigenvalue weighted by Gasteiger charge is -2.14. The fourth-order valence-corrected chi connectivity index (χ4v) is 3.60. The monoisotopic (exact) mass is 408 g/mol. The quantitative estimate of drug-likeness (QED) is 0.501. The second kappa shape index (κ2) is 8.13. The summed E-state index contributed by atoms with van der Waals surface area (Å²) in [6.07, 6.45) is 5.38. The smallest absolute Gasteiger partial charge is 0.189 e. The zero-order chi connectivity index (χ0) is 19.8. The van der Waals surface area contributed by atoms with Crippen molar-refractivity contribution in [2.45, 2.75) is 34.2 Å². The molecule has 0 saturated carbocycles. The number of anilines is 1. The Balaban J connectivity index is 0.00000240. The molecule has 0 saturated heterocycles. The van der Waals surface area contributed by atoms with Crippen LogP contribution in [0.3, 0.4) is 0 Å². The first-order chi connectivity index (χ1) is 13.5. The molecular formula is C23H25ClN4O. The van der Waals surface area contributed by atoms with Crippen molar-refractivity contribution in [1.82, 2.24) is 14.4 Å². The predicted molar refractivity (Wildman–Crippen MR) is 121 cm³/mol. The molecule has 3 aromatic heterocycles. The minimum absolute atomic E-state index is 0. The summed E-state index contributed by atoms with van der Waals surface area (Å²) in [4.78, 5) is 20.1. The average molecular weight is 409 g/mol. The molecule has 0 fully saturated rings. The van der Waals surface area contributed by atoms with Crippen LogP contribution in [0.4, 0.5) is 5.69 Å². The van der Waals surface area contributed by atoms with Gasteiger partial charge in [-0.25, -0.2) is 4.98 Å². The van der Waals surface area contributed by atoms with Gasteiger partial charge in [0.2, 0.25) is 0 Å². The number of H-pyrrole nitrogens is 1. The van der Waals surface area contributed by atoms with Crippen molar-refractivity contribution in [3.63, 3.8) is 0 Å². The predicted octanol–water partition coefficient (Wildman–Crippen LogP) is 4.96. The highest BCUT2D eigenvalue weighted by molar-refractivity contribution is 5.85. The average Bonchev–Trinajstić information content (AvgIpc) is 2.96. The number of benzene rings is 1. The van der Waals surface area contributed by atoms with E-state index in [1.54, 1.807) is 18.5 Å². The maximum Gasteiger partial charge on any atom is 0.189 e. The first kappa shape index (κ1) is 20.7. The number of hydrogen-bond donors (Lipinski definition) is 2. The zero-order valence-electron chi connectivity index (χ0n) is 17.0. The Morgan fingerprint density at radius 3 is 2.52 bits per heavy atom. The Hall–Kier alpha value is -3.05. The van der Waals surface area contributed by atoms with Crippen LogP contribution in [0, 0.1) is 27.7 Å². The fraction of sp³-hybridized carbons (Fsp3) is 0.217. The van der Waals surface area contributed by atoms with Crippen LogP contribution in [0.25, 0.3) is 16.8 Å². The summed E-state index contributed by atoms with van der Waals surface area (Å²) in [6.45, 7) is 9.01. The van der Waals surface area contributed by atoms with Crippen LogP contribution in [0.2, 0.25) is 0 Å². The molecule has 2 N–H and O–H groups in total. The van der Waals surface area contributed by atoms with Crippen LogP contribution < -0.4 is 10.7 Å². The van der Waals surface area contributed by atoms with Crippen molar-refractivity contribution in [2.75, 3.05) is 5.32 Å². The van der Waals surface area contributed by atoms with Gasteiger partial charge in [-0.15, -0.1) is 12.4 Å². The highest BCUT2D eigenvalue weighted by Gasteiger charge is 2.14. The third-order valence-corrected chi connectivity index (χ3v) is 5.43. The van der Waals surface area contributed by atoms with Gasteiger partial charge >= 0.3 is 0 Å². The van der Waals surface area contributed by atoms with Gasteiger partial charge in [0.1, 0.15) is 0 Å². The second-order valence-corrected chi connectivity index (χ2v) is 7.26. The molecule has 0 amide bonds. The summed E-state index contributed by atoms with van der Waals surface area (Å²) in [7, 11) is 0. The number of aryl methyl sites for hydroxylation is 4. The highest BCUT2D eigenvalue weighted by atomic mass is 35.5. The van der Waals surface area contributed by atoms with E-state index >= 15 is 0 Å². The number of aromatic nitrogens is 3. The third kappa shape index (κ3) is 3.78. The van der Waals surface area contributed by atoms with Crippen LogP contribution >= 0.6 is 12.4 Å². The fourth-order valence-electron chi connectivity index (χ4n) is 3.60. The van der Waals surface area contributed by atoms with Gasteiger partial charge in [-0.05, 0) is 50.5 Å². The van der Waals surface area contributed by atoms with E-state index in [1.807, 2.05) is 26.1 Å². The number of rotatable bonds is 4. The lowest BCUT2D eigenvalue weighted by atomic mass is 10.0. The lowest BCUT2D eigenvalue weighted by Crippen LogP contribution is -2.07. The van der Waals surface area contributed by atoms with Crippen molar-refractivity contribution < 1.29 is 0 Å². The van der Waals surface area contributed by atoms with E-state index in [4.69, 9.17) is 4.98 Å². The van der Waals surface area contributed by atoms with Gasteiger partial charge in [0, 0.05) is 48.0 Å². The number of aromatic amines is 1. The van der Waals surface area contributed by atoms with Gasteiger partial charge in [-0.1, -0.05) is 18.2 Å². The Bertz CT molecular complexity index is 1220. The zero-order valence-corrected chi connectivity index (χ0v) is 17.9. The van der Waals surface area contributed by atoms with E-state index in [0.717, 1.165) is 28.3 Å². The van der Waals surface area contributed by atoms with Crippen molar-refractivity contribution in [3.05, 3.63) is 87.2 Å². The van der Waals surface area contributed by atoms with Crippen molar-refractivity contribution in [2.24, 2.45) is 0 Å². The molecule has 0 spiro atoms. The van der Waals surface area contributed by atoms with Gasteiger partial charge in [-0.2, -0.15) is 0 Å². The van der Waals surface area contributed by atoms with Crippen LogP contribution in [0.15, 0.2) is 53.7 Å². The van der Waals surface area contributed by atoms with Gasteiger partial charge in [0.25, 0.3) is 0 Å². The molecule has 0 bridgehead atoms. The van der Waals surface area contributed by atoms with Crippen LogP contribution in [-0.2, 0) is 6.54 Å². The van der Waals surface area contributed by atoms with Crippen LogP contribution in [0.5, 0.6) is 0 Å². The van der Waals surface area contributed by atoms with E-state index in [2.05, 4.69) is 46.7 Å². The molecule has 0 radical (unpaired) electrons. The summed E-state index contributed by atoms with van der Waals surface area (Å²) in [5.41, 5.74) is 9.14. The molecule has 0 atom stereocenters. The summed E-state index contributed by atoms with van der Waals surface area (Å²) >= 11 is 0. The van der Waals surface area contributed by atoms with Crippen molar-refractivity contribution >= 4 is 23.7 Å². The van der Waals surface area contributed by atoms with E-state index in [1.165, 1.54) is 16.7 Å². The molecule has 6 heteroatoms. The summed E-state index contributed by atoms with van der Waals surface area (Å²) in [6, 6.07) is 9.90. The molecule has 0 aliphatic heterocycles. The number of nitrogens with one attached hydrogen (secondary N) is 2. The summed E-state index contributed by atoms with van der Waals surface area (Å²) in [5, 5.41) is 3.56. The van der Waals surface area contributed by atoms with Crippen LogP contribution in [0.1, 0.15) is 28.1 Å². The minimum Gasteiger partial charge on any atom is -0.378 e. The first-order valence-electron chi connectivity index (χ1n) is 9.41. The van der Waals surface area contributed by atoms with E-state index in [0.29, 0.717) is 12.1 Å². The SMILES string of the molecule is Cc1cccc(C)c1CNc1cc(-c2c[nH]ccc2=O)cn2c(C)c(C)nc12.Cl. The number of halogens is 1.